The SMILES string of the molecule is CCc1ccc(-c2ccc(/C=C\C3=CC(C)(C)C=CC=C3)cc2)cc1. The number of benzene rings is 2. The fraction of sp³-hybridized carbons (Fsp3) is 0.200. The van der Waals surface area contributed by atoms with Gasteiger partial charge in [-0.3, -0.25) is 0 Å². The highest BCUT2D eigenvalue weighted by molar-refractivity contribution is 5.66. The fourth-order valence-electron chi connectivity index (χ4n) is 3.01. The zero-order valence-corrected chi connectivity index (χ0v) is 15.4. The van der Waals surface area contributed by atoms with E-state index in [1.54, 1.807) is 0 Å². The molecule has 25 heavy (non-hydrogen) atoms. The van der Waals surface area contributed by atoms with Crippen molar-refractivity contribution < 1.29 is 0 Å². The summed E-state index contributed by atoms with van der Waals surface area (Å²) in [6.07, 6.45) is 16.4. The van der Waals surface area contributed by atoms with Crippen LogP contribution < -0.4 is 0 Å². The van der Waals surface area contributed by atoms with Gasteiger partial charge in [-0.15, -0.1) is 0 Å². The predicted molar refractivity (Wildman–Crippen MR) is 110 cm³/mol. The maximum Gasteiger partial charge on any atom is 0.00165 e. The number of hydrogen-bond acceptors (Lipinski definition) is 0. The van der Waals surface area contributed by atoms with Crippen LogP contribution >= 0.6 is 0 Å². The third kappa shape index (κ3) is 4.70. The molecule has 0 bridgehead atoms. The van der Waals surface area contributed by atoms with E-state index >= 15 is 0 Å². The molecule has 0 aliphatic heterocycles. The average molecular weight is 326 g/mol. The van der Waals surface area contributed by atoms with E-state index in [2.05, 4.69) is 112 Å². The molecule has 2 aromatic carbocycles. The van der Waals surface area contributed by atoms with Gasteiger partial charge in [0.2, 0.25) is 0 Å². The van der Waals surface area contributed by atoms with Crippen LogP contribution in [0.4, 0.5) is 0 Å². The summed E-state index contributed by atoms with van der Waals surface area (Å²) in [7, 11) is 0. The van der Waals surface area contributed by atoms with E-state index < -0.39 is 0 Å². The molecule has 0 saturated carbocycles. The number of allylic oxidation sites excluding steroid dienone is 7. The number of hydrogen-bond donors (Lipinski definition) is 0. The summed E-state index contributed by atoms with van der Waals surface area (Å²) in [5.41, 5.74) is 6.48. The Morgan fingerprint density at radius 2 is 1.44 bits per heavy atom. The molecular formula is C25H26. The topological polar surface area (TPSA) is 0 Å². The zero-order valence-electron chi connectivity index (χ0n) is 15.4. The van der Waals surface area contributed by atoms with Crippen LogP contribution in [0.2, 0.25) is 0 Å². The molecule has 0 nitrogen and oxygen atoms in total. The molecule has 0 amide bonds. The summed E-state index contributed by atoms with van der Waals surface area (Å²) < 4.78 is 0. The third-order valence-electron chi connectivity index (χ3n) is 4.54. The Hall–Kier alpha value is -2.60. The highest BCUT2D eigenvalue weighted by Crippen LogP contribution is 2.25. The Morgan fingerprint density at radius 3 is 2.08 bits per heavy atom. The Morgan fingerprint density at radius 1 is 0.800 bits per heavy atom. The van der Waals surface area contributed by atoms with E-state index in [-0.39, 0.29) is 5.41 Å². The monoisotopic (exact) mass is 326 g/mol. The van der Waals surface area contributed by atoms with Crippen LogP contribution in [0.1, 0.15) is 31.9 Å². The molecule has 0 radical (unpaired) electrons. The molecule has 0 fully saturated rings. The zero-order chi connectivity index (χ0) is 17.7. The van der Waals surface area contributed by atoms with E-state index in [0.717, 1.165) is 6.42 Å². The summed E-state index contributed by atoms with van der Waals surface area (Å²) >= 11 is 0. The first kappa shape index (κ1) is 17.2. The predicted octanol–water partition coefficient (Wildman–Crippen LogP) is 7.01. The molecule has 2 aromatic rings. The van der Waals surface area contributed by atoms with Crippen LogP contribution in [0, 0.1) is 5.41 Å². The Bertz CT molecular complexity index is 823. The normalized spacial score (nSPS) is 16.0. The minimum Gasteiger partial charge on any atom is -0.0751 e. The fourth-order valence-corrected chi connectivity index (χ4v) is 3.01. The molecule has 1 aliphatic rings. The summed E-state index contributed by atoms with van der Waals surface area (Å²) in [4.78, 5) is 0. The van der Waals surface area contributed by atoms with E-state index in [1.165, 1.54) is 27.8 Å². The number of aryl methyl sites for hydroxylation is 1. The first-order valence-corrected chi connectivity index (χ1v) is 9.02. The van der Waals surface area contributed by atoms with E-state index in [0.29, 0.717) is 0 Å². The molecule has 3 rings (SSSR count). The lowest BCUT2D eigenvalue weighted by molar-refractivity contribution is 0.625. The smallest absolute Gasteiger partial charge is 0.00165 e. The highest BCUT2D eigenvalue weighted by Gasteiger charge is 2.11. The van der Waals surface area contributed by atoms with Crippen molar-refractivity contribution in [2.45, 2.75) is 27.2 Å². The van der Waals surface area contributed by atoms with Crippen LogP contribution in [-0.2, 0) is 6.42 Å². The maximum atomic E-state index is 2.30. The Labute approximate surface area is 151 Å². The van der Waals surface area contributed by atoms with Gasteiger partial charge >= 0.3 is 0 Å². The first-order chi connectivity index (χ1) is 12.1. The van der Waals surface area contributed by atoms with Gasteiger partial charge in [-0.25, -0.2) is 0 Å². The van der Waals surface area contributed by atoms with Gasteiger partial charge in [0, 0.05) is 5.41 Å². The van der Waals surface area contributed by atoms with Gasteiger partial charge in [0.05, 0.1) is 0 Å². The highest BCUT2D eigenvalue weighted by atomic mass is 14.2. The van der Waals surface area contributed by atoms with Crippen LogP contribution in [0.3, 0.4) is 0 Å². The van der Waals surface area contributed by atoms with Gasteiger partial charge in [0.1, 0.15) is 0 Å². The van der Waals surface area contributed by atoms with Crippen LogP contribution in [0.25, 0.3) is 17.2 Å². The van der Waals surface area contributed by atoms with Gasteiger partial charge in [-0.2, -0.15) is 0 Å². The summed E-state index contributed by atoms with van der Waals surface area (Å²) in [6, 6.07) is 17.6. The average Bonchev–Trinajstić information content (AvgIpc) is 2.80. The van der Waals surface area contributed by atoms with Crippen molar-refractivity contribution in [2.24, 2.45) is 5.41 Å². The summed E-state index contributed by atoms with van der Waals surface area (Å²) in [5, 5.41) is 0. The second-order valence-corrected chi connectivity index (χ2v) is 7.19. The minimum absolute atomic E-state index is 0.0949. The van der Waals surface area contributed by atoms with Gasteiger partial charge in [-0.05, 0) is 34.2 Å². The van der Waals surface area contributed by atoms with Crippen molar-refractivity contribution in [3.8, 4) is 11.1 Å². The molecule has 0 N–H and O–H groups in total. The van der Waals surface area contributed by atoms with Gasteiger partial charge in [0.15, 0.2) is 0 Å². The van der Waals surface area contributed by atoms with Crippen molar-refractivity contribution in [1.29, 1.82) is 0 Å². The van der Waals surface area contributed by atoms with Crippen LogP contribution in [-0.4, -0.2) is 0 Å². The lowest BCUT2D eigenvalue weighted by atomic mass is 9.91. The maximum absolute atomic E-state index is 2.30. The largest absolute Gasteiger partial charge is 0.0751 e. The van der Waals surface area contributed by atoms with Crippen molar-refractivity contribution >= 4 is 6.08 Å². The molecule has 0 saturated heterocycles. The summed E-state index contributed by atoms with van der Waals surface area (Å²) in [6.45, 7) is 6.64. The van der Waals surface area contributed by atoms with Crippen molar-refractivity contribution in [1.82, 2.24) is 0 Å². The van der Waals surface area contributed by atoms with Crippen LogP contribution in [0.15, 0.2) is 90.6 Å². The van der Waals surface area contributed by atoms with Gasteiger partial charge in [-0.1, -0.05) is 112 Å². The van der Waals surface area contributed by atoms with E-state index in [9.17, 15) is 0 Å². The standard InChI is InChI=1S/C25H26/c1-4-20-10-14-23(15-11-20)24-16-12-21(13-17-24)8-9-22-7-5-6-18-25(2,3)19-22/h5-19H,4H2,1-3H3/b9-8-. The first-order valence-electron chi connectivity index (χ1n) is 9.02. The lowest BCUT2D eigenvalue weighted by Gasteiger charge is -2.14. The molecule has 126 valence electrons. The second-order valence-electron chi connectivity index (χ2n) is 7.19. The number of rotatable bonds is 4. The van der Waals surface area contributed by atoms with Crippen molar-refractivity contribution in [3.05, 3.63) is 102 Å². The molecule has 1 aliphatic carbocycles. The summed E-state index contributed by atoms with van der Waals surface area (Å²) in [5.74, 6) is 0. The molecule has 0 heteroatoms. The quantitative estimate of drug-likeness (QED) is 0.567. The van der Waals surface area contributed by atoms with E-state index in [1.807, 2.05) is 0 Å². The van der Waals surface area contributed by atoms with Gasteiger partial charge < -0.3 is 0 Å². The minimum atomic E-state index is 0.0949. The van der Waals surface area contributed by atoms with Crippen molar-refractivity contribution in [2.75, 3.05) is 0 Å². The van der Waals surface area contributed by atoms with Crippen LogP contribution in [0.5, 0.6) is 0 Å². The molecular weight excluding hydrogens is 300 g/mol. The Balaban J connectivity index is 1.75. The van der Waals surface area contributed by atoms with E-state index in [4.69, 9.17) is 0 Å². The molecule has 0 atom stereocenters. The third-order valence-corrected chi connectivity index (χ3v) is 4.54. The lowest BCUT2D eigenvalue weighted by Crippen LogP contribution is -2.01. The molecule has 0 heterocycles. The Kier molecular flexibility index (Phi) is 5.19. The van der Waals surface area contributed by atoms with Crippen molar-refractivity contribution in [3.63, 3.8) is 0 Å². The molecule has 0 unspecified atom stereocenters. The second kappa shape index (κ2) is 7.53. The molecule has 0 aromatic heterocycles. The molecule has 0 spiro atoms. The van der Waals surface area contributed by atoms with Gasteiger partial charge in [0.25, 0.3) is 0 Å².